The largest absolute Gasteiger partial charge is 0.417 e. The summed E-state index contributed by atoms with van der Waals surface area (Å²) >= 11 is 5.74. The van der Waals surface area contributed by atoms with Gasteiger partial charge >= 0.3 is 6.18 Å². The van der Waals surface area contributed by atoms with Gasteiger partial charge in [-0.3, -0.25) is 4.90 Å². The third-order valence-corrected chi connectivity index (χ3v) is 6.48. The first-order chi connectivity index (χ1) is 14.4. The van der Waals surface area contributed by atoms with Crippen molar-refractivity contribution < 1.29 is 13.2 Å². The number of hydrogen-bond acceptors (Lipinski definition) is 5. The van der Waals surface area contributed by atoms with Gasteiger partial charge in [-0.15, -0.1) is 0 Å². The molecule has 0 N–H and O–H groups in total. The number of halogens is 3. The number of alkyl halides is 3. The molecule has 2 saturated carbocycles. The van der Waals surface area contributed by atoms with E-state index in [1.54, 1.807) is 0 Å². The van der Waals surface area contributed by atoms with Gasteiger partial charge in [0.25, 0.3) is 0 Å². The van der Waals surface area contributed by atoms with E-state index in [1.807, 2.05) is 4.68 Å². The quantitative estimate of drug-likeness (QED) is 0.655. The fourth-order valence-electron chi connectivity index (χ4n) is 4.10. The fraction of sp³-hybridized carbons (Fsp3) is 0.650. The maximum atomic E-state index is 12.8. The van der Waals surface area contributed by atoms with Crippen LogP contribution >= 0.6 is 12.2 Å². The molecule has 10 heteroatoms. The molecule has 0 spiro atoms. The average Bonchev–Trinajstić information content (AvgIpc) is 3.61. The fourth-order valence-corrected chi connectivity index (χ4v) is 4.44. The summed E-state index contributed by atoms with van der Waals surface area (Å²) in [6, 6.07) is 3.11. The van der Waals surface area contributed by atoms with E-state index >= 15 is 0 Å². The van der Waals surface area contributed by atoms with E-state index in [4.69, 9.17) is 17.3 Å². The highest BCUT2D eigenvalue weighted by Crippen LogP contribution is 2.44. The molecule has 3 fully saturated rings. The standard InChI is InChI=1S/C20H25F3N6S/c21-20(22,23)15-4-7-17(24-12-15)27-9-1-8-26(10-11-27)13-28-19(30)29(16-5-6-16)18(25-28)14-2-3-14/h4,7,12,14,16H,1-3,5-6,8-11,13H2. The molecule has 2 aliphatic carbocycles. The number of hydrogen-bond donors (Lipinski definition) is 0. The lowest BCUT2D eigenvalue weighted by atomic mass is 10.2. The topological polar surface area (TPSA) is 42.1 Å². The van der Waals surface area contributed by atoms with E-state index in [2.05, 4.69) is 19.4 Å². The number of anilines is 1. The van der Waals surface area contributed by atoms with Crippen LogP contribution in [-0.4, -0.2) is 50.4 Å². The van der Waals surface area contributed by atoms with E-state index < -0.39 is 11.7 Å². The maximum Gasteiger partial charge on any atom is 0.417 e. The van der Waals surface area contributed by atoms with Gasteiger partial charge < -0.3 is 9.47 Å². The highest BCUT2D eigenvalue weighted by Gasteiger charge is 2.36. The van der Waals surface area contributed by atoms with E-state index in [1.165, 1.54) is 31.7 Å². The van der Waals surface area contributed by atoms with Crippen molar-refractivity contribution in [2.24, 2.45) is 0 Å². The Hall–Kier alpha value is -1.94. The Labute approximate surface area is 178 Å². The van der Waals surface area contributed by atoms with Crippen molar-refractivity contribution in [1.29, 1.82) is 0 Å². The lowest BCUT2D eigenvalue weighted by Gasteiger charge is -2.23. The van der Waals surface area contributed by atoms with Crippen LogP contribution in [0.4, 0.5) is 19.0 Å². The number of aromatic nitrogens is 4. The van der Waals surface area contributed by atoms with E-state index in [0.29, 0.717) is 31.0 Å². The van der Waals surface area contributed by atoms with Crippen LogP contribution in [0.5, 0.6) is 0 Å². The molecule has 0 amide bonds. The number of pyridine rings is 1. The van der Waals surface area contributed by atoms with Crippen LogP contribution in [0, 0.1) is 4.77 Å². The summed E-state index contributed by atoms with van der Waals surface area (Å²) in [5, 5.41) is 4.87. The molecule has 0 bridgehead atoms. The first-order valence-corrected chi connectivity index (χ1v) is 11.0. The summed E-state index contributed by atoms with van der Waals surface area (Å²) < 4.78 is 43.4. The van der Waals surface area contributed by atoms with Gasteiger partial charge in [-0.2, -0.15) is 18.3 Å². The Balaban J connectivity index is 1.25. The van der Waals surface area contributed by atoms with Gasteiger partial charge in [-0.1, -0.05) is 0 Å². The molecule has 3 aliphatic rings. The molecule has 2 aromatic heterocycles. The monoisotopic (exact) mass is 438 g/mol. The Morgan fingerprint density at radius 1 is 1.03 bits per heavy atom. The molecule has 0 aromatic carbocycles. The highest BCUT2D eigenvalue weighted by atomic mass is 32.1. The smallest absolute Gasteiger partial charge is 0.355 e. The van der Waals surface area contributed by atoms with Crippen molar-refractivity contribution in [3.63, 3.8) is 0 Å². The van der Waals surface area contributed by atoms with Crippen molar-refractivity contribution in [2.75, 3.05) is 31.1 Å². The average molecular weight is 439 g/mol. The Morgan fingerprint density at radius 2 is 1.83 bits per heavy atom. The summed E-state index contributed by atoms with van der Waals surface area (Å²) in [6.45, 7) is 3.83. The van der Waals surface area contributed by atoms with Crippen LogP contribution in [0.25, 0.3) is 0 Å². The van der Waals surface area contributed by atoms with Gasteiger partial charge in [-0.25, -0.2) is 9.67 Å². The third-order valence-electron chi connectivity index (χ3n) is 6.07. The first-order valence-electron chi connectivity index (χ1n) is 10.6. The second-order valence-electron chi connectivity index (χ2n) is 8.52. The zero-order valence-corrected chi connectivity index (χ0v) is 17.5. The Kier molecular flexibility index (Phi) is 5.09. The molecule has 1 aliphatic heterocycles. The molecule has 0 unspecified atom stereocenters. The summed E-state index contributed by atoms with van der Waals surface area (Å²) in [6.07, 6.45) is 2.27. The molecule has 6 nitrogen and oxygen atoms in total. The van der Waals surface area contributed by atoms with E-state index in [0.717, 1.165) is 48.9 Å². The molecule has 2 aromatic rings. The van der Waals surface area contributed by atoms with Crippen LogP contribution in [0.1, 0.15) is 55.5 Å². The Bertz CT molecular complexity index is 958. The number of rotatable bonds is 5. The molecule has 1 saturated heterocycles. The van der Waals surface area contributed by atoms with Crippen molar-refractivity contribution in [2.45, 2.75) is 56.9 Å². The summed E-state index contributed by atoms with van der Waals surface area (Å²) in [4.78, 5) is 8.42. The minimum absolute atomic E-state index is 0.534. The van der Waals surface area contributed by atoms with Crippen molar-refractivity contribution in [3.8, 4) is 0 Å². The second kappa shape index (κ2) is 7.64. The summed E-state index contributed by atoms with van der Waals surface area (Å²) in [5.74, 6) is 2.32. The highest BCUT2D eigenvalue weighted by molar-refractivity contribution is 7.71. The normalized spacial score (nSPS) is 21.1. The molecule has 0 radical (unpaired) electrons. The predicted molar refractivity (Wildman–Crippen MR) is 109 cm³/mol. The zero-order chi connectivity index (χ0) is 20.9. The van der Waals surface area contributed by atoms with Crippen LogP contribution < -0.4 is 4.90 Å². The van der Waals surface area contributed by atoms with Gasteiger partial charge in [0.05, 0.1) is 12.2 Å². The van der Waals surface area contributed by atoms with Crippen LogP contribution in [0.2, 0.25) is 0 Å². The summed E-state index contributed by atoms with van der Waals surface area (Å²) in [7, 11) is 0. The minimum Gasteiger partial charge on any atom is -0.355 e. The lowest BCUT2D eigenvalue weighted by molar-refractivity contribution is -0.137. The Morgan fingerprint density at radius 3 is 2.47 bits per heavy atom. The van der Waals surface area contributed by atoms with Crippen molar-refractivity contribution in [3.05, 3.63) is 34.5 Å². The van der Waals surface area contributed by atoms with Gasteiger partial charge in [0, 0.05) is 44.3 Å². The zero-order valence-electron chi connectivity index (χ0n) is 16.7. The minimum atomic E-state index is -4.36. The lowest BCUT2D eigenvalue weighted by Crippen LogP contribution is -2.32. The predicted octanol–water partition coefficient (Wildman–Crippen LogP) is 4.21. The molecule has 0 atom stereocenters. The maximum absolute atomic E-state index is 12.8. The van der Waals surface area contributed by atoms with Gasteiger partial charge in [0.1, 0.15) is 11.6 Å². The number of nitrogens with zero attached hydrogens (tertiary/aromatic N) is 6. The van der Waals surface area contributed by atoms with Gasteiger partial charge in [-0.05, 0) is 56.5 Å². The SMILES string of the molecule is FC(F)(F)c1ccc(N2CCCN(Cn3nc(C4CC4)n(C4CC4)c3=S)CC2)nc1. The molecule has 5 rings (SSSR count). The molecule has 162 valence electrons. The van der Waals surface area contributed by atoms with Crippen molar-refractivity contribution >= 4 is 18.0 Å². The molecule has 3 heterocycles. The van der Waals surface area contributed by atoms with Crippen LogP contribution in [-0.2, 0) is 12.8 Å². The molecular weight excluding hydrogens is 413 g/mol. The second-order valence-corrected chi connectivity index (χ2v) is 8.88. The van der Waals surface area contributed by atoms with E-state index in [-0.39, 0.29) is 0 Å². The molecule has 30 heavy (non-hydrogen) atoms. The van der Waals surface area contributed by atoms with Gasteiger partial charge in [0.2, 0.25) is 0 Å². The van der Waals surface area contributed by atoms with E-state index in [9.17, 15) is 13.2 Å². The van der Waals surface area contributed by atoms with Crippen molar-refractivity contribution in [1.82, 2.24) is 24.2 Å². The first kappa shape index (κ1) is 20.0. The third kappa shape index (κ3) is 4.12. The van der Waals surface area contributed by atoms with Crippen LogP contribution in [0.3, 0.4) is 0 Å². The molecular formula is C20H25F3N6S. The summed E-state index contributed by atoms with van der Waals surface area (Å²) in [5.41, 5.74) is -0.713. The van der Waals surface area contributed by atoms with Gasteiger partial charge in [0.15, 0.2) is 4.77 Å². The van der Waals surface area contributed by atoms with Crippen LogP contribution in [0.15, 0.2) is 18.3 Å².